The van der Waals surface area contributed by atoms with Gasteiger partial charge in [-0.25, -0.2) is 8.78 Å². The standard InChI is InChI=1S/C33H34F4N4O7/c1-46-18-27(31(44)39-11-3-4-12-39)40-13-5-6-26(32(40)45)41-17-23(28-24(34)14-21(47-2)15-25(28)35)22(30(41)43)16-38-29(42)19-7-9-20(10-8-19)48-33(36)37/h5-10,13-15,22-23,27,33H,3-4,11-12,16-18H2,1-2H3,(H,38,42)/t22?,23-,27?/m1/s1. The van der Waals surface area contributed by atoms with Crippen molar-refractivity contribution in [1.82, 2.24) is 14.8 Å². The number of rotatable bonds is 12. The molecular weight excluding hydrogens is 640 g/mol. The van der Waals surface area contributed by atoms with Crippen LogP contribution >= 0.6 is 0 Å². The number of likely N-dealkylation sites (tertiary alicyclic amines) is 1. The van der Waals surface area contributed by atoms with Crippen LogP contribution in [0.3, 0.4) is 0 Å². The van der Waals surface area contributed by atoms with Gasteiger partial charge in [-0.2, -0.15) is 8.78 Å². The van der Waals surface area contributed by atoms with Crippen LogP contribution in [0.25, 0.3) is 0 Å². The number of halogens is 4. The molecule has 256 valence electrons. The molecule has 3 heterocycles. The smallest absolute Gasteiger partial charge is 0.387 e. The highest BCUT2D eigenvalue weighted by Crippen LogP contribution is 2.39. The average Bonchev–Trinajstić information content (AvgIpc) is 3.71. The molecule has 2 aromatic carbocycles. The third kappa shape index (κ3) is 7.15. The Bertz CT molecular complexity index is 1690. The molecule has 48 heavy (non-hydrogen) atoms. The second kappa shape index (κ2) is 14.9. The Labute approximate surface area is 273 Å². The molecule has 0 radical (unpaired) electrons. The van der Waals surface area contributed by atoms with Crippen molar-refractivity contribution in [2.24, 2.45) is 5.92 Å². The van der Waals surface area contributed by atoms with Crippen LogP contribution in [0.4, 0.5) is 23.2 Å². The van der Waals surface area contributed by atoms with Crippen LogP contribution in [0, 0.1) is 17.6 Å². The number of nitrogens with zero attached hydrogens (tertiary/aromatic N) is 3. The van der Waals surface area contributed by atoms with Gasteiger partial charge >= 0.3 is 6.61 Å². The maximum absolute atomic E-state index is 15.4. The first kappa shape index (κ1) is 34.4. The molecule has 0 saturated carbocycles. The number of anilines is 1. The van der Waals surface area contributed by atoms with E-state index < -0.39 is 59.1 Å². The van der Waals surface area contributed by atoms with Crippen molar-refractivity contribution in [3.8, 4) is 11.5 Å². The van der Waals surface area contributed by atoms with Crippen LogP contribution in [-0.2, 0) is 14.3 Å². The van der Waals surface area contributed by atoms with Gasteiger partial charge in [-0.05, 0) is 49.2 Å². The molecule has 0 bridgehead atoms. The SMILES string of the molecule is COCC(C(=O)N1CCCC1)n1cccc(N2C[C@@H](c3c(F)cc(OC)cc3F)C(CNC(=O)c3ccc(OC(F)F)cc3)C2=O)c1=O. The first-order valence-electron chi connectivity index (χ1n) is 15.2. The number of alkyl halides is 2. The molecule has 0 aliphatic carbocycles. The van der Waals surface area contributed by atoms with E-state index in [1.54, 1.807) is 4.90 Å². The van der Waals surface area contributed by atoms with Gasteiger partial charge in [0.05, 0.1) is 19.6 Å². The minimum Gasteiger partial charge on any atom is -0.497 e. The van der Waals surface area contributed by atoms with Gasteiger partial charge in [0.2, 0.25) is 11.8 Å². The van der Waals surface area contributed by atoms with Gasteiger partial charge in [0, 0.05) is 68.7 Å². The number of carbonyl (C=O) groups is 3. The lowest BCUT2D eigenvalue weighted by molar-refractivity contribution is -0.135. The van der Waals surface area contributed by atoms with Crippen molar-refractivity contribution in [2.45, 2.75) is 31.4 Å². The fraction of sp³-hybridized carbons (Fsp3) is 0.394. The second-order valence-corrected chi connectivity index (χ2v) is 11.4. The van der Waals surface area contributed by atoms with Crippen molar-refractivity contribution in [3.63, 3.8) is 0 Å². The zero-order valence-corrected chi connectivity index (χ0v) is 26.2. The number of pyridine rings is 1. The summed E-state index contributed by atoms with van der Waals surface area (Å²) in [5.41, 5.74) is -1.20. The third-order valence-electron chi connectivity index (χ3n) is 8.54. The van der Waals surface area contributed by atoms with E-state index >= 15 is 8.78 Å². The van der Waals surface area contributed by atoms with E-state index in [2.05, 4.69) is 10.1 Å². The summed E-state index contributed by atoms with van der Waals surface area (Å²) in [6, 6.07) is 8.61. The summed E-state index contributed by atoms with van der Waals surface area (Å²) >= 11 is 0. The highest BCUT2D eigenvalue weighted by atomic mass is 19.3. The molecular formula is C33H34F4N4O7. The molecule has 2 unspecified atom stereocenters. The molecule has 2 aliphatic heterocycles. The summed E-state index contributed by atoms with van der Waals surface area (Å²) in [6.45, 7) is -2.80. The normalized spacial score (nSPS) is 18.4. The molecule has 1 aromatic heterocycles. The molecule has 2 saturated heterocycles. The van der Waals surface area contributed by atoms with Gasteiger partial charge in [0.15, 0.2) is 0 Å². The second-order valence-electron chi connectivity index (χ2n) is 11.4. The Morgan fingerprint density at radius 2 is 1.65 bits per heavy atom. The molecule has 3 amide bonds. The summed E-state index contributed by atoms with van der Waals surface area (Å²) in [7, 11) is 2.64. The Balaban J connectivity index is 1.47. The molecule has 15 heteroatoms. The predicted octanol–water partition coefficient (Wildman–Crippen LogP) is 3.72. The van der Waals surface area contributed by atoms with Crippen molar-refractivity contribution in [3.05, 3.63) is 87.8 Å². The largest absolute Gasteiger partial charge is 0.497 e. The minimum atomic E-state index is -3.05. The summed E-state index contributed by atoms with van der Waals surface area (Å²) < 4.78 is 71.6. The fourth-order valence-corrected chi connectivity index (χ4v) is 6.18. The van der Waals surface area contributed by atoms with Crippen LogP contribution in [0.2, 0.25) is 0 Å². The maximum atomic E-state index is 15.4. The van der Waals surface area contributed by atoms with E-state index in [9.17, 15) is 28.0 Å². The summed E-state index contributed by atoms with van der Waals surface area (Å²) in [5.74, 6) is -6.33. The summed E-state index contributed by atoms with van der Waals surface area (Å²) in [5, 5.41) is 2.58. The molecule has 5 rings (SSSR count). The highest BCUT2D eigenvalue weighted by molar-refractivity contribution is 5.99. The van der Waals surface area contributed by atoms with E-state index in [1.807, 2.05) is 0 Å². The maximum Gasteiger partial charge on any atom is 0.387 e. The topological polar surface area (TPSA) is 119 Å². The Morgan fingerprint density at radius 3 is 2.25 bits per heavy atom. The number of aromatic nitrogens is 1. The van der Waals surface area contributed by atoms with Gasteiger partial charge < -0.3 is 29.3 Å². The van der Waals surface area contributed by atoms with Crippen molar-refractivity contribution in [1.29, 1.82) is 0 Å². The molecule has 2 aliphatic rings. The quantitative estimate of drug-likeness (QED) is 0.291. The number of carbonyl (C=O) groups excluding carboxylic acids is 3. The molecule has 1 N–H and O–H groups in total. The number of amides is 3. The molecule has 0 spiro atoms. The van der Waals surface area contributed by atoms with Crippen LogP contribution < -0.4 is 25.2 Å². The van der Waals surface area contributed by atoms with Crippen LogP contribution in [0.15, 0.2) is 59.5 Å². The summed E-state index contributed by atoms with van der Waals surface area (Å²) in [6.07, 6.45) is 3.08. The van der Waals surface area contributed by atoms with Crippen molar-refractivity contribution >= 4 is 23.4 Å². The number of methoxy groups -OCH3 is 2. The Kier molecular flexibility index (Phi) is 10.7. The van der Waals surface area contributed by atoms with E-state index in [1.165, 1.54) is 61.4 Å². The van der Waals surface area contributed by atoms with E-state index in [0.29, 0.717) is 13.1 Å². The van der Waals surface area contributed by atoms with Gasteiger partial charge in [-0.15, -0.1) is 0 Å². The van der Waals surface area contributed by atoms with E-state index in [0.717, 1.165) is 29.9 Å². The lowest BCUT2D eigenvalue weighted by Gasteiger charge is -2.25. The lowest BCUT2D eigenvalue weighted by Crippen LogP contribution is -2.43. The number of nitrogens with one attached hydrogen (secondary N) is 1. The first-order chi connectivity index (χ1) is 23.0. The fourth-order valence-electron chi connectivity index (χ4n) is 6.18. The highest BCUT2D eigenvalue weighted by Gasteiger charge is 2.45. The molecule has 3 atom stereocenters. The number of ether oxygens (including phenoxy) is 3. The van der Waals surface area contributed by atoms with Gasteiger partial charge in [-0.3, -0.25) is 23.7 Å². The van der Waals surface area contributed by atoms with Crippen LogP contribution in [-0.4, -0.2) is 80.8 Å². The third-order valence-corrected chi connectivity index (χ3v) is 8.54. The molecule has 2 fully saturated rings. The van der Waals surface area contributed by atoms with Crippen LogP contribution in [0.1, 0.15) is 40.7 Å². The lowest BCUT2D eigenvalue weighted by atomic mass is 9.87. The van der Waals surface area contributed by atoms with Gasteiger partial charge in [0.1, 0.15) is 34.9 Å². The Hall–Kier alpha value is -4.92. The summed E-state index contributed by atoms with van der Waals surface area (Å²) in [4.78, 5) is 57.0. The van der Waals surface area contributed by atoms with Gasteiger partial charge in [-0.1, -0.05) is 0 Å². The predicted molar refractivity (Wildman–Crippen MR) is 164 cm³/mol. The zero-order valence-electron chi connectivity index (χ0n) is 26.2. The average molecular weight is 675 g/mol. The number of benzene rings is 2. The van der Waals surface area contributed by atoms with E-state index in [-0.39, 0.29) is 48.4 Å². The Morgan fingerprint density at radius 1 is 0.979 bits per heavy atom. The minimum absolute atomic E-state index is 0.0510. The molecule has 3 aromatic rings. The zero-order chi connectivity index (χ0) is 34.5. The molecule has 11 nitrogen and oxygen atoms in total. The number of hydrogen-bond acceptors (Lipinski definition) is 7. The van der Waals surface area contributed by atoms with Crippen molar-refractivity contribution in [2.75, 3.05) is 51.9 Å². The first-order valence-corrected chi connectivity index (χ1v) is 15.2. The van der Waals surface area contributed by atoms with E-state index in [4.69, 9.17) is 9.47 Å². The monoisotopic (exact) mass is 674 g/mol. The number of hydrogen-bond donors (Lipinski definition) is 1. The van der Waals surface area contributed by atoms with Crippen molar-refractivity contribution < 1.29 is 46.2 Å². The van der Waals surface area contributed by atoms with Crippen LogP contribution in [0.5, 0.6) is 11.5 Å². The van der Waals surface area contributed by atoms with Gasteiger partial charge in [0.25, 0.3) is 11.5 Å².